The van der Waals surface area contributed by atoms with Crippen molar-refractivity contribution in [1.29, 1.82) is 0 Å². The molecule has 0 aliphatic heterocycles. The molecule has 4 nitrogen and oxygen atoms in total. The molecule has 0 saturated heterocycles. The van der Waals surface area contributed by atoms with Gasteiger partial charge < -0.3 is 9.47 Å². The molecule has 0 aromatic heterocycles. The highest BCUT2D eigenvalue weighted by Crippen LogP contribution is 2.57. The number of Topliss-reactive ketones (excluding diaryl/α,β-unsaturated/α-hetero) is 1. The van der Waals surface area contributed by atoms with Crippen LogP contribution in [0, 0.1) is 11.3 Å². The van der Waals surface area contributed by atoms with Crippen molar-refractivity contribution in [3.63, 3.8) is 0 Å². The maximum absolute atomic E-state index is 12.8. The summed E-state index contributed by atoms with van der Waals surface area (Å²) in [6.07, 6.45) is 3.93. The molecule has 3 rings (SSSR count). The van der Waals surface area contributed by atoms with E-state index < -0.39 is 5.97 Å². The predicted molar refractivity (Wildman–Crippen MR) is 91.7 cm³/mol. The van der Waals surface area contributed by atoms with Gasteiger partial charge in [-0.05, 0) is 47.3 Å². The molecular formula is C20H26O4. The average Bonchev–Trinajstić information content (AvgIpc) is 2.48. The van der Waals surface area contributed by atoms with Crippen LogP contribution in [0.5, 0.6) is 11.5 Å². The SMILES string of the molecule is COc1cc2c(cc1OC(C)=O)C(=O)C[C@H]1C(C)(C)CCC[C@]21C. The quantitative estimate of drug-likeness (QED) is 0.599. The maximum Gasteiger partial charge on any atom is 0.308 e. The zero-order valence-electron chi connectivity index (χ0n) is 15.2. The minimum absolute atomic E-state index is 0.0486. The highest BCUT2D eigenvalue weighted by molar-refractivity contribution is 6.00. The van der Waals surface area contributed by atoms with Gasteiger partial charge in [-0.15, -0.1) is 0 Å². The summed E-state index contributed by atoms with van der Waals surface area (Å²) >= 11 is 0. The highest BCUT2D eigenvalue weighted by atomic mass is 16.6. The van der Waals surface area contributed by atoms with Crippen molar-refractivity contribution in [3.05, 3.63) is 23.3 Å². The Kier molecular flexibility index (Phi) is 3.97. The monoisotopic (exact) mass is 330 g/mol. The van der Waals surface area contributed by atoms with Gasteiger partial charge in [0.25, 0.3) is 0 Å². The van der Waals surface area contributed by atoms with Crippen molar-refractivity contribution in [2.75, 3.05) is 7.11 Å². The first-order chi connectivity index (χ1) is 11.2. The molecule has 1 aromatic carbocycles. The van der Waals surface area contributed by atoms with E-state index in [-0.39, 0.29) is 16.6 Å². The van der Waals surface area contributed by atoms with E-state index >= 15 is 0 Å². The van der Waals surface area contributed by atoms with Crippen molar-refractivity contribution in [2.24, 2.45) is 11.3 Å². The second kappa shape index (κ2) is 5.61. The van der Waals surface area contributed by atoms with Crippen molar-refractivity contribution >= 4 is 11.8 Å². The van der Waals surface area contributed by atoms with E-state index in [9.17, 15) is 9.59 Å². The van der Waals surface area contributed by atoms with Gasteiger partial charge in [0.15, 0.2) is 17.3 Å². The van der Waals surface area contributed by atoms with E-state index in [1.807, 2.05) is 6.07 Å². The van der Waals surface area contributed by atoms with Crippen LogP contribution in [0.25, 0.3) is 0 Å². The predicted octanol–water partition coefficient (Wildman–Crippen LogP) is 4.29. The number of benzene rings is 1. The molecule has 1 aromatic rings. The molecular weight excluding hydrogens is 304 g/mol. The first-order valence-corrected chi connectivity index (χ1v) is 8.63. The Bertz CT molecular complexity index is 704. The summed E-state index contributed by atoms with van der Waals surface area (Å²) in [6, 6.07) is 3.61. The van der Waals surface area contributed by atoms with Gasteiger partial charge in [-0.3, -0.25) is 9.59 Å². The lowest BCUT2D eigenvalue weighted by Gasteiger charge is -2.53. The van der Waals surface area contributed by atoms with Crippen LogP contribution in [0.1, 0.15) is 69.3 Å². The van der Waals surface area contributed by atoms with Crippen LogP contribution in [0.4, 0.5) is 0 Å². The van der Waals surface area contributed by atoms with Gasteiger partial charge in [0.1, 0.15) is 0 Å². The maximum atomic E-state index is 12.8. The number of ketones is 1. The summed E-state index contributed by atoms with van der Waals surface area (Å²) in [4.78, 5) is 24.2. The fourth-order valence-corrected chi connectivity index (χ4v) is 4.90. The third-order valence-electron chi connectivity index (χ3n) is 6.09. The zero-order valence-corrected chi connectivity index (χ0v) is 15.2. The molecule has 2 atom stereocenters. The average molecular weight is 330 g/mol. The molecule has 1 fully saturated rings. The lowest BCUT2D eigenvalue weighted by Crippen LogP contribution is -2.49. The molecule has 24 heavy (non-hydrogen) atoms. The van der Waals surface area contributed by atoms with Crippen molar-refractivity contribution < 1.29 is 19.1 Å². The minimum Gasteiger partial charge on any atom is -0.493 e. The van der Waals surface area contributed by atoms with Crippen LogP contribution in [0.2, 0.25) is 0 Å². The molecule has 130 valence electrons. The number of esters is 1. The number of hydrogen-bond acceptors (Lipinski definition) is 4. The molecule has 1 saturated carbocycles. The third kappa shape index (κ3) is 2.52. The van der Waals surface area contributed by atoms with Gasteiger partial charge in [-0.25, -0.2) is 0 Å². The molecule has 0 spiro atoms. The van der Waals surface area contributed by atoms with Crippen LogP contribution in [0.3, 0.4) is 0 Å². The Labute approximate surface area is 143 Å². The lowest BCUT2D eigenvalue weighted by molar-refractivity contribution is -0.132. The highest BCUT2D eigenvalue weighted by Gasteiger charge is 2.52. The molecule has 0 unspecified atom stereocenters. The Morgan fingerprint density at radius 3 is 2.50 bits per heavy atom. The summed E-state index contributed by atoms with van der Waals surface area (Å²) in [5, 5.41) is 0. The van der Waals surface area contributed by atoms with Gasteiger partial charge in [-0.1, -0.05) is 27.2 Å². The molecule has 2 aliphatic carbocycles. The van der Waals surface area contributed by atoms with Crippen LogP contribution in [-0.2, 0) is 10.2 Å². The number of rotatable bonds is 2. The summed E-state index contributed by atoms with van der Waals surface area (Å²) < 4.78 is 10.7. The standard InChI is InChI=1S/C20H26O4/c1-12(21)24-17-9-13-14(10-16(17)23-5)20(4)8-6-7-19(2,3)18(20)11-15(13)22/h9-10,18H,6-8,11H2,1-5H3/t18-,20+/m0/s1. The second-order valence-electron chi connectivity index (χ2n) is 8.08. The van der Waals surface area contributed by atoms with E-state index in [2.05, 4.69) is 20.8 Å². The first-order valence-electron chi connectivity index (χ1n) is 8.63. The summed E-state index contributed by atoms with van der Waals surface area (Å²) in [7, 11) is 1.56. The number of carbonyl (C=O) groups is 2. The summed E-state index contributed by atoms with van der Waals surface area (Å²) in [6.45, 7) is 8.17. The van der Waals surface area contributed by atoms with E-state index in [0.717, 1.165) is 24.8 Å². The lowest BCUT2D eigenvalue weighted by atomic mass is 9.50. The van der Waals surface area contributed by atoms with Gasteiger partial charge >= 0.3 is 5.97 Å². The molecule has 0 N–H and O–H groups in total. The van der Waals surface area contributed by atoms with E-state index in [1.54, 1.807) is 13.2 Å². The van der Waals surface area contributed by atoms with Crippen LogP contribution >= 0.6 is 0 Å². The van der Waals surface area contributed by atoms with Gasteiger partial charge in [0, 0.05) is 18.9 Å². The van der Waals surface area contributed by atoms with Crippen LogP contribution < -0.4 is 9.47 Å². The molecule has 4 heteroatoms. The molecule has 0 bridgehead atoms. The summed E-state index contributed by atoms with van der Waals surface area (Å²) in [5.41, 5.74) is 1.82. The van der Waals surface area contributed by atoms with E-state index in [4.69, 9.17) is 9.47 Å². The smallest absolute Gasteiger partial charge is 0.308 e. The van der Waals surface area contributed by atoms with Gasteiger partial charge in [0.05, 0.1) is 7.11 Å². The fourth-order valence-electron chi connectivity index (χ4n) is 4.90. The number of carbonyl (C=O) groups excluding carboxylic acids is 2. The van der Waals surface area contributed by atoms with Gasteiger partial charge in [-0.2, -0.15) is 0 Å². The van der Waals surface area contributed by atoms with Crippen molar-refractivity contribution in [3.8, 4) is 11.5 Å². The normalized spacial score (nSPS) is 27.9. The first kappa shape index (κ1) is 17.0. The summed E-state index contributed by atoms with van der Waals surface area (Å²) in [5.74, 6) is 0.886. The van der Waals surface area contributed by atoms with Crippen LogP contribution in [0.15, 0.2) is 12.1 Å². The molecule has 0 heterocycles. The molecule has 0 amide bonds. The van der Waals surface area contributed by atoms with E-state index in [1.165, 1.54) is 6.92 Å². The molecule has 0 radical (unpaired) electrons. The fraction of sp³-hybridized carbons (Fsp3) is 0.600. The largest absolute Gasteiger partial charge is 0.493 e. The minimum atomic E-state index is -0.417. The number of ether oxygens (including phenoxy) is 2. The molecule has 2 aliphatic rings. The Balaban J connectivity index is 2.17. The third-order valence-corrected chi connectivity index (χ3v) is 6.09. The number of fused-ring (bicyclic) bond motifs is 3. The van der Waals surface area contributed by atoms with Crippen molar-refractivity contribution in [2.45, 2.75) is 58.8 Å². The van der Waals surface area contributed by atoms with Gasteiger partial charge in [0.2, 0.25) is 0 Å². The van der Waals surface area contributed by atoms with E-state index in [0.29, 0.717) is 29.4 Å². The Morgan fingerprint density at radius 2 is 1.88 bits per heavy atom. The Hall–Kier alpha value is -1.84. The Morgan fingerprint density at radius 1 is 1.17 bits per heavy atom. The van der Waals surface area contributed by atoms with Crippen molar-refractivity contribution in [1.82, 2.24) is 0 Å². The number of hydrogen-bond donors (Lipinski definition) is 0. The second-order valence-corrected chi connectivity index (χ2v) is 8.08. The topological polar surface area (TPSA) is 52.6 Å². The zero-order chi connectivity index (χ0) is 17.7. The number of methoxy groups -OCH3 is 1. The van der Waals surface area contributed by atoms with Crippen LogP contribution in [-0.4, -0.2) is 18.9 Å².